The van der Waals surface area contributed by atoms with Gasteiger partial charge in [0.1, 0.15) is 0 Å². The van der Waals surface area contributed by atoms with Gasteiger partial charge in [0.2, 0.25) is 0 Å². The Hall–Kier alpha value is -3.23. The van der Waals surface area contributed by atoms with E-state index in [-0.39, 0.29) is 12.0 Å². The van der Waals surface area contributed by atoms with Crippen molar-refractivity contribution < 1.29 is 0 Å². The molecule has 2 atom stereocenters. The lowest BCUT2D eigenvalue weighted by Crippen LogP contribution is -2.31. The van der Waals surface area contributed by atoms with Crippen LogP contribution in [0.1, 0.15) is 11.1 Å². The summed E-state index contributed by atoms with van der Waals surface area (Å²) in [4.78, 5) is 9.98. The summed E-state index contributed by atoms with van der Waals surface area (Å²) < 4.78 is 0. The van der Waals surface area contributed by atoms with Crippen molar-refractivity contribution >= 4 is 23.1 Å². The average Bonchev–Trinajstić information content (AvgIpc) is 2.79. The number of hydrogen-bond donors (Lipinski definition) is 0. The summed E-state index contributed by atoms with van der Waals surface area (Å²) in [6.45, 7) is 0. The topological polar surface area (TPSA) is 24.7 Å². The van der Waals surface area contributed by atoms with Crippen LogP contribution in [-0.2, 0) is 0 Å². The molecule has 0 amide bonds. The molecule has 3 heteroatoms. The summed E-state index contributed by atoms with van der Waals surface area (Å²) in [7, 11) is 0. The molecule has 3 aromatic carbocycles. The lowest BCUT2D eigenvalue weighted by Gasteiger charge is -2.27. The number of nitrogens with zero attached hydrogens (tertiary/aromatic N) is 2. The van der Waals surface area contributed by atoms with Crippen LogP contribution in [0.4, 0.5) is 0 Å². The van der Waals surface area contributed by atoms with Crippen molar-refractivity contribution in [2.24, 2.45) is 15.9 Å². The molecule has 2 nitrogen and oxygen atoms in total. The molecular weight excluding hydrogens is 376 g/mol. The molecule has 1 aliphatic heterocycles. The molecule has 3 aromatic rings. The second kappa shape index (κ2) is 7.65. The second-order valence-corrected chi connectivity index (χ2v) is 7.63. The Labute approximate surface area is 175 Å². The molecule has 2 unspecified atom stereocenters. The highest BCUT2D eigenvalue weighted by Crippen LogP contribution is 2.29. The Morgan fingerprint density at radius 1 is 0.655 bits per heavy atom. The van der Waals surface area contributed by atoms with Gasteiger partial charge in [-0.05, 0) is 34.9 Å². The Morgan fingerprint density at radius 2 is 1.34 bits per heavy atom. The molecule has 29 heavy (non-hydrogen) atoms. The van der Waals surface area contributed by atoms with Crippen molar-refractivity contribution in [3.63, 3.8) is 0 Å². The first-order valence-electron chi connectivity index (χ1n) is 9.71. The van der Waals surface area contributed by atoms with Crippen molar-refractivity contribution in [1.29, 1.82) is 0 Å². The standard InChI is InChI=1S/C26H19ClN2/c27-22-13-7-11-20(17-22)19-10-6-12-21(16-19)26-28-24-15-5-4-14-23(24)25(29-26)18-8-2-1-3-9-18/h1-17,23-24H. The van der Waals surface area contributed by atoms with Gasteiger partial charge in [0.15, 0.2) is 5.84 Å². The number of rotatable bonds is 3. The van der Waals surface area contributed by atoms with Crippen LogP contribution in [0.25, 0.3) is 11.1 Å². The van der Waals surface area contributed by atoms with Crippen LogP contribution in [0.5, 0.6) is 0 Å². The number of allylic oxidation sites excluding steroid dienone is 2. The van der Waals surface area contributed by atoms with Gasteiger partial charge in [-0.1, -0.05) is 96.6 Å². The van der Waals surface area contributed by atoms with Gasteiger partial charge in [-0.25, -0.2) is 4.99 Å². The first kappa shape index (κ1) is 17.8. The predicted octanol–water partition coefficient (Wildman–Crippen LogP) is 6.37. The van der Waals surface area contributed by atoms with Crippen LogP contribution in [0.15, 0.2) is 113 Å². The quantitative estimate of drug-likeness (QED) is 0.493. The van der Waals surface area contributed by atoms with Gasteiger partial charge in [-0.2, -0.15) is 0 Å². The van der Waals surface area contributed by atoms with E-state index in [4.69, 9.17) is 21.6 Å². The molecular formula is C26H19ClN2. The molecule has 0 fully saturated rings. The maximum Gasteiger partial charge on any atom is 0.155 e. The molecule has 2 aliphatic rings. The van der Waals surface area contributed by atoms with Crippen LogP contribution < -0.4 is 0 Å². The van der Waals surface area contributed by atoms with Gasteiger partial charge in [0, 0.05) is 16.5 Å². The molecule has 0 saturated heterocycles. The smallest absolute Gasteiger partial charge is 0.155 e. The number of benzene rings is 3. The Kier molecular flexibility index (Phi) is 4.71. The highest BCUT2D eigenvalue weighted by Gasteiger charge is 2.29. The summed E-state index contributed by atoms with van der Waals surface area (Å²) in [6.07, 6.45) is 8.50. The third-order valence-electron chi connectivity index (χ3n) is 5.27. The summed E-state index contributed by atoms with van der Waals surface area (Å²) in [5.41, 5.74) is 5.40. The Bertz CT molecular complexity index is 1170. The minimum absolute atomic E-state index is 0.0672. The lowest BCUT2D eigenvalue weighted by atomic mass is 9.86. The lowest BCUT2D eigenvalue weighted by molar-refractivity contribution is 0.709. The fourth-order valence-electron chi connectivity index (χ4n) is 3.84. The van der Waals surface area contributed by atoms with Crippen molar-refractivity contribution in [3.8, 4) is 11.1 Å². The molecule has 0 radical (unpaired) electrons. The van der Waals surface area contributed by atoms with Crippen molar-refractivity contribution in [3.05, 3.63) is 119 Å². The number of fused-ring (bicyclic) bond motifs is 1. The van der Waals surface area contributed by atoms with Crippen molar-refractivity contribution in [2.75, 3.05) is 0 Å². The van der Waals surface area contributed by atoms with Gasteiger partial charge in [-0.3, -0.25) is 4.99 Å². The van der Waals surface area contributed by atoms with E-state index in [1.807, 2.05) is 24.3 Å². The van der Waals surface area contributed by atoms with Gasteiger partial charge < -0.3 is 0 Å². The second-order valence-electron chi connectivity index (χ2n) is 7.19. The number of aliphatic imine (C=N–C) groups is 2. The van der Waals surface area contributed by atoms with Gasteiger partial charge in [0.25, 0.3) is 0 Å². The van der Waals surface area contributed by atoms with Crippen LogP contribution in [0, 0.1) is 5.92 Å². The first-order valence-corrected chi connectivity index (χ1v) is 10.1. The largest absolute Gasteiger partial charge is 0.258 e. The van der Waals surface area contributed by atoms with E-state index < -0.39 is 0 Å². The Morgan fingerprint density at radius 3 is 2.17 bits per heavy atom. The summed E-state index contributed by atoms with van der Waals surface area (Å²) in [5, 5.41) is 0.731. The van der Waals surface area contributed by atoms with Gasteiger partial charge in [0.05, 0.1) is 11.8 Å². The van der Waals surface area contributed by atoms with Crippen LogP contribution in [0.2, 0.25) is 5.02 Å². The monoisotopic (exact) mass is 394 g/mol. The molecule has 0 aromatic heterocycles. The maximum atomic E-state index is 6.19. The van der Waals surface area contributed by atoms with E-state index >= 15 is 0 Å². The van der Waals surface area contributed by atoms with E-state index in [1.165, 1.54) is 0 Å². The zero-order valence-corrected chi connectivity index (χ0v) is 16.5. The van der Waals surface area contributed by atoms with E-state index in [0.717, 1.165) is 38.8 Å². The third-order valence-corrected chi connectivity index (χ3v) is 5.50. The normalized spacial score (nSPS) is 20.0. The van der Waals surface area contributed by atoms with Crippen LogP contribution in [0.3, 0.4) is 0 Å². The SMILES string of the molecule is Clc1cccc(-c2cccc(C3=NC4C=CC=CC4C(c4ccccc4)=N3)c2)c1. The molecule has 5 rings (SSSR count). The molecule has 0 saturated carbocycles. The van der Waals surface area contributed by atoms with E-state index in [9.17, 15) is 0 Å². The highest BCUT2D eigenvalue weighted by molar-refractivity contribution is 6.30. The summed E-state index contributed by atoms with van der Waals surface area (Å²) in [5.74, 6) is 0.941. The minimum Gasteiger partial charge on any atom is -0.258 e. The molecule has 0 spiro atoms. The Balaban J connectivity index is 1.59. The number of halogens is 1. The zero-order chi connectivity index (χ0) is 19.6. The molecule has 140 valence electrons. The van der Waals surface area contributed by atoms with Gasteiger partial charge in [-0.15, -0.1) is 0 Å². The zero-order valence-electron chi connectivity index (χ0n) is 15.7. The predicted molar refractivity (Wildman–Crippen MR) is 122 cm³/mol. The summed E-state index contributed by atoms with van der Waals surface area (Å²) in [6, 6.07) is 26.7. The van der Waals surface area contributed by atoms with E-state index in [1.54, 1.807) is 0 Å². The van der Waals surface area contributed by atoms with Crippen molar-refractivity contribution in [2.45, 2.75) is 6.04 Å². The minimum atomic E-state index is 0.0672. The number of amidine groups is 1. The maximum absolute atomic E-state index is 6.19. The van der Waals surface area contributed by atoms with Crippen molar-refractivity contribution in [1.82, 2.24) is 0 Å². The fraction of sp³-hybridized carbons (Fsp3) is 0.0769. The van der Waals surface area contributed by atoms with E-state index in [2.05, 4.69) is 78.9 Å². The third kappa shape index (κ3) is 3.59. The molecule has 0 N–H and O–H groups in total. The fourth-order valence-corrected chi connectivity index (χ4v) is 4.03. The van der Waals surface area contributed by atoms with Crippen LogP contribution in [-0.4, -0.2) is 17.6 Å². The molecule has 0 bridgehead atoms. The highest BCUT2D eigenvalue weighted by atomic mass is 35.5. The first-order chi connectivity index (χ1) is 14.3. The molecule has 1 heterocycles. The average molecular weight is 395 g/mol. The molecule has 1 aliphatic carbocycles. The summed E-state index contributed by atoms with van der Waals surface area (Å²) >= 11 is 6.19. The van der Waals surface area contributed by atoms with Gasteiger partial charge >= 0.3 is 0 Å². The van der Waals surface area contributed by atoms with E-state index in [0.29, 0.717) is 0 Å². The van der Waals surface area contributed by atoms with Crippen LogP contribution >= 0.6 is 11.6 Å². The number of hydrogen-bond acceptors (Lipinski definition) is 2.